The van der Waals surface area contributed by atoms with Gasteiger partial charge in [0.25, 0.3) is 0 Å². The molecule has 0 bridgehead atoms. The maximum atomic E-state index is 12.7. The Hall–Kier alpha value is -1.95. The summed E-state index contributed by atoms with van der Waals surface area (Å²) in [5.74, 6) is -1.93. The molecule has 104 valence electrons. The zero-order valence-electron chi connectivity index (χ0n) is 10.3. The van der Waals surface area contributed by atoms with Gasteiger partial charge in [-0.15, -0.1) is 0 Å². The van der Waals surface area contributed by atoms with Crippen LogP contribution in [0.15, 0.2) is 24.3 Å². The van der Waals surface area contributed by atoms with Crippen LogP contribution < -0.4 is 5.32 Å². The average Bonchev–Trinajstić information content (AvgIpc) is 2.37. The van der Waals surface area contributed by atoms with Crippen LogP contribution in [0.4, 0.5) is 4.39 Å². The Bertz CT molecular complexity index is 433. The SMILES string of the molecule is O=C(CCc1ccc(F)cc1)N[C@H](CCO)C(=O)O. The molecule has 0 fully saturated rings. The first-order valence-electron chi connectivity index (χ1n) is 5.90. The van der Waals surface area contributed by atoms with Gasteiger partial charge in [0.1, 0.15) is 11.9 Å². The average molecular weight is 269 g/mol. The van der Waals surface area contributed by atoms with Crippen molar-refractivity contribution in [2.24, 2.45) is 0 Å². The summed E-state index contributed by atoms with van der Waals surface area (Å²) in [6.07, 6.45) is 0.482. The maximum absolute atomic E-state index is 12.7. The lowest BCUT2D eigenvalue weighted by atomic mass is 10.1. The molecule has 0 saturated carbocycles. The van der Waals surface area contributed by atoms with Crippen molar-refractivity contribution in [3.8, 4) is 0 Å². The van der Waals surface area contributed by atoms with Gasteiger partial charge in [-0.05, 0) is 24.1 Å². The molecule has 0 unspecified atom stereocenters. The number of carbonyl (C=O) groups excluding carboxylic acids is 1. The number of hydrogen-bond donors (Lipinski definition) is 3. The van der Waals surface area contributed by atoms with Crippen molar-refractivity contribution in [1.29, 1.82) is 0 Å². The third kappa shape index (κ3) is 5.48. The first-order valence-corrected chi connectivity index (χ1v) is 5.90. The molecule has 1 aromatic carbocycles. The van der Waals surface area contributed by atoms with E-state index in [0.29, 0.717) is 6.42 Å². The van der Waals surface area contributed by atoms with Crippen LogP contribution in [0.25, 0.3) is 0 Å². The Morgan fingerprint density at radius 1 is 1.26 bits per heavy atom. The minimum Gasteiger partial charge on any atom is -0.480 e. The van der Waals surface area contributed by atoms with Gasteiger partial charge >= 0.3 is 5.97 Å². The monoisotopic (exact) mass is 269 g/mol. The summed E-state index contributed by atoms with van der Waals surface area (Å²) in [6.45, 7) is -0.310. The minimum absolute atomic E-state index is 0.0301. The molecule has 5 nitrogen and oxygen atoms in total. The summed E-state index contributed by atoms with van der Waals surface area (Å²) in [7, 11) is 0. The highest BCUT2D eigenvalue weighted by molar-refractivity contribution is 5.83. The van der Waals surface area contributed by atoms with Crippen LogP contribution in [0.1, 0.15) is 18.4 Å². The molecule has 0 aromatic heterocycles. The van der Waals surface area contributed by atoms with Crippen molar-refractivity contribution < 1.29 is 24.2 Å². The number of aliphatic carboxylic acids is 1. The van der Waals surface area contributed by atoms with E-state index in [0.717, 1.165) is 5.56 Å². The number of halogens is 1. The van der Waals surface area contributed by atoms with E-state index in [1.54, 1.807) is 12.1 Å². The molecule has 1 atom stereocenters. The van der Waals surface area contributed by atoms with E-state index in [9.17, 15) is 14.0 Å². The van der Waals surface area contributed by atoms with Crippen molar-refractivity contribution in [2.75, 3.05) is 6.61 Å². The molecule has 0 saturated heterocycles. The molecule has 1 rings (SSSR count). The summed E-state index contributed by atoms with van der Waals surface area (Å²) in [5.41, 5.74) is 0.797. The quantitative estimate of drug-likeness (QED) is 0.680. The molecule has 0 spiro atoms. The van der Waals surface area contributed by atoms with Gasteiger partial charge in [-0.3, -0.25) is 4.79 Å². The number of rotatable bonds is 7. The topological polar surface area (TPSA) is 86.6 Å². The lowest BCUT2D eigenvalue weighted by molar-refractivity contribution is -0.142. The van der Waals surface area contributed by atoms with Crippen LogP contribution in [0.2, 0.25) is 0 Å². The fourth-order valence-electron chi connectivity index (χ4n) is 1.56. The number of carbonyl (C=O) groups is 2. The molecule has 0 aliphatic heterocycles. The molecular weight excluding hydrogens is 253 g/mol. The van der Waals surface area contributed by atoms with E-state index in [-0.39, 0.29) is 25.3 Å². The molecule has 0 heterocycles. The Balaban J connectivity index is 2.42. The van der Waals surface area contributed by atoms with E-state index in [1.807, 2.05) is 0 Å². The van der Waals surface area contributed by atoms with Crippen LogP contribution in [0.3, 0.4) is 0 Å². The molecule has 6 heteroatoms. The summed E-state index contributed by atoms with van der Waals surface area (Å²) >= 11 is 0. The number of amides is 1. The van der Waals surface area contributed by atoms with Crippen LogP contribution in [-0.4, -0.2) is 34.7 Å². The largest absolute Gasteiger partial charge is 0.480 e. The van der Waals surface area contributed by atoms with Gasteiger partial charge in [-0.2, -0.15) is 0 Å². The summed E-state index contributed by atoms with van der Waals surface area (Å²) in [5, 5.41) is 19.8. The lowest BCUT2D eigenvalue weighted by Crippen LogP contribution is -2.41. The van der Waals surface area contributed by atoms with Gasteiger partial charge in [0, 0.05) is 19.4 Å². The first-order chi connectivity index (χ1) is 9.02. The number of aryl methyl sites for hydroxylation is 1. The fourth-order valence-corrected chi connectivity index (χ4v) is 1.56. The molecule has 3 N–H and O–H groups in total. The minimum atomic E-state index is -1.18. The van der Waals surface area contributed by atoms with Gasteiger partial charge in [0.05, 0.1) is 0 Å². The normalized spacial score (nSPS) is 11.9. The van der Waals surface area contributed by atoms with E-state index in [4.69, 9.17) is 10.2 Å². The van der Waals surface area contributed by atoms with Crippen molar-refractivity contribution in [1.82, 2.24) is 5.32 Å². The molecule has 0 radical (unpaired) electrons. The second kappa shape index (κ2) is 7.48. The highest BCUT2D eigenvalue weighted by atomic mass is 19.1. The number of aliphatic hydroxyl groups is 1. The molecule has 0 aliphatic carbocycles. The fraction of sp³-hybridized carbons (Fsp3) is 0.385. The predicted molar refractivity (Wildman–Crippen MR) is 66.0 cm³/mol. The Morgan fingerprint density at radius 2 is 1.89 bits per heavy atom. The van der Waals surface area contributed by atoms with Crippen molar-refractivity contribution >= 4 is 11.9 Å². The zero-order chi connectivity index (χ0) is 14.3. The zero-order valence-corrected chi connectivity index (χ0v) is 10.3. The molecule has 1 aromatic rings. The third-order valence-corrected chi connectivity index (χ3v) is 2.61. The highest BCUT2D eigenvalue weighted by Crippen LogP contribution is 2.05. The van der Waals surface area contributed by atoms with Crippen LogP contribution in [-0.2, 0) is 16.0 Å². The number of aliphatic hydroxyl groups excluding tert-OH is 1. The van der Waals surface area contributed by atoms with E-state index in [1.165, 1.54) is 12.1 Å². The Labute approximate surface area is 110 Å². The lowest BCUT2D eigenvalue weighted by Gasteiger charge is -2.13. The first kappa shape index (κ1) is 15.1. The third-order valence-electron chi connectivity index (χ3n) is 2.61. The molecular formula is C13H16FNO4. The Morgan fingerprint density at radius 3 is 2.42 bits per heavy atom. The smallest absolute Gasteiger partial charge is 0.326 e. The molecule has 19 heavy (non-hydrogen) atoms. The second-order valence-corrected chi connectivity index (χ2v) is 4.10. The molecule has 1 amide bonds. The summed E-state index contributed by atoms with van der Waals surface area (Å²) in [4.78, 5) is 22.3. The van der Waals surface area contributed by atoms with Gasteiger partial charge < -0.3 is 15.5 Å². The summed E-state index contributed by atoms with van der Waals surface area (Å²) < 4.78 is 12.7. The summed E-state index contributed by atoms with van der Waals surface area (Å²) in [6, 6.07) is 4.68. The Kier molecular flexibility index (Phi) is 5.95. The number of carboxylic acids is 1. The van der Waals surface area contributed by atoms with Gasteiger partial charge in [-0.25, -0.2) is 9.18 Å². The second-order valence-electron chi connectivity index (χ2n) is 4.10. The number of benzene rings is 1. The van der Waals surface area contributed by atoms with Crippen LogP contribution in [0.5, 0.6) is 0 Å². The van der Waals surface area contributed by atoms with Crippen LogP contribution >= 0.6 is 0 Å². The van der Waals surface area contributed by atoms with Crippen LogP contribution in [0, 0.1) is 5.82 Å². The van der Waals surface area contributed by atoms with E-state index >= 15 is 0 Å². The maximum Gasteiger partial charge on any atom is 0.326 e. The van der Waals surface area contributed by atoms with Crippen molar-refractivity contribution in [2.45, 2.75) is 25.3 Å². The molecule has 0 aliphatic rings. The number of carboxylic acid groups (broad SMARTS) is 1. The van der Waals surface area contributed by atoms with E-state index in [2.05, 4.69) is 5.32 Å². The van der Waals surface area contributed by atoms with Crippen molar-refractivity contribution in [3.63, 3.8) is 0 Å². The van der Waals surface area contributed by atoms with Gasteiger partial charge in [-0.1, -0.05) is 12.1 Å². The predicted octanol–water partition coefficient (Wildman–Crippen LogP) is 0.710. The number of hydrogen-bond acceptors (Lipinski definition) is 3. The van der Waals surface area contributed by atoms with E-state index < -0.39 is 17.9 Å². The van der Waals surface area contributed by atoms with Gasteiger partial charge in [0.15, 0.2) is 0 Å². The van der Waals surface area contributed by atoms with Crippen molar-refractivity contribution in [3.05, 3.63) is 35.6 Å². The number of nitrogens with one attached hydrogen (secondary N) is 1. The standard InChI is InChI=1S/C13H16FNO4/c14-10-4-1-9(2-5-10)3-6-12(17)15-11(7-8-16)13(18)19/h1-2,4-5,11,16H,3,6-8H2,(H,15,17)(H,18,19)/t11-/m1/s1. The highest BCUT2D eigenvalue weighted by Gasteiger charge is 2.18. The van der Waals surface area contributed by atoms with Gasteiger partial charge in [0.2, 0.25) is 5.91 Å².